The Morgan fingerprint density at radius 3 is 2.36 bits per heavy atom. The number of pyridine rings is 1. The van der Waals surface area contributed by atoms with Gasteiger partial charge in [0, 0.05) is 24.8 Å². The van der Waals surface area contributed by atoms with Crippen LogP contribution in [-0.4, -0.2) is 41.8 Å². The first-order chi connectivity index (χ1) is 18.7. The van der Waals surface area contributed by atoms with Crippen LogP contribution in [0.15, 0.2) is 81.3 Å². The Balaban J connectivity index is 1.63. The van der Waals surface area contributed by atoms with Crippen molar-refractivity contribution in [2.75, 3.05) is 13.7 Å². The topological polar surface area (TPSA) is 111 Å². The van der Waals surface area contributed by atoms with E-state index in [4.69, 9.17) is 4.74 Å². The van der Waals surface area contributed by atoms with Gasteiger partial charge >= 0.3 is 0 Å². The number of methoxy groups -OCH3 is 1. The molecule has 1 N–H and O–H groups in total. The summed E-state index contributed by atoms with van der Waals surface area (Å²) in [7, 11) is -2.95. The van der Waals surface area contributed by atoms with Crippen LogP contribution in [0.1, 0.15) is 36.0 Å². The van der Waals surface area contributed by atoms with Crippen molar-refractivity contribution >= 4 is 9.84 Å². The summed E-state index contributed by atoms with van der Waals surface area (Å²) >= 11 is 0. The van der Waals surface area contributed by atoms with E-state index in [-0.39, 0.29) is 11.5 Å². The van der Waals surface area contributed by atoms with Gasteiger partial charge in [-0.1, -0.05) is 42.5 Å². The molecule has 10 heteroatoms. The molecule has 202 valence electrons. The molecule has 1 aliphatic carbocycles. The minimum absolute atomic E-state index is 0.104. The molecule has 0 bridgehead atoms. The fourth-order valence-corrected chi connectivity index (χ4v) is 6.09. The zero-order chi connectivity index (χ0) is 27.7. The molecule has 0 saturated heterocycles. The SMILES string of the molecule is COC[C@@H](c1ccccc1)n1c(CC2CC2)nc(O)c(S(=O)(=O)c2ccc(-c3ccc(F)nc3C)cc2)c1=O. The van der Waals surface area contributed by atoms with Crippen LogP contribution >= 0.6 is 0 Å². The highest BCUT2D eigenvalue weighted by atomic mass is 32.2. The first-order valence-electron chi connectivity index (χ1n) is 12.6. The number of aromatic hydroxyl groups is 1. The summed E-state index contributed by atoms with van der Waals surface area (Å²) in [5.41, 5.74) is 1.62. The standard InChI is InChI=1S/C29H28FN3O5S/c1-18-23(14-15-25(30)31-18)20-10-12-22(13-11-20)39(36,37)27-28(34)32-26(16-19-8-9-19)33(29(27)35)24(17-38-2)21-6-4-3-5-7-21/h3-7,10-15,19,24,34H,8-9,16-17H2,1-2H3/t24-/m0/s1. The number of hydrogen-bond acceptors (Lipinski definition) is 7. The molecule has 5 rings (SSSR count). The molecule has 0 amide bonds. The number of rotatable bonds is 9. The highest BCUT2D eigenvalue weighted by Crippen LogP contribution is 2.35. The smallest absolute Gasteiger partial charge is 0.277 e. The van der Waals surface area contributed by atoms with Gasteiger partial charge in [-0.15, -0.1) is 0 Å². The number of ether oxygens (including phenoxy) is 1. The van der Waals surface area contributed by atoms with Crippen LogP contribution in [0.2, 0.25) is 0 Å². The summed E-state index contributed by atoms with van der Waals surface area (Å²) in [4.78, 5) is 21.1. The normalized spacial score (nSPS) is 14.3. The van der Waals surface area contributed by atoms with E-state index in [2.05, 4.69) is 9.97 Å². The van der Waals surface area contributed by atoms with Crippen molar-refractivity contribution in [1.82, 2.24) is 14.5 Å². The molecule has 1 fully saturated rings. The van der Waals surface area contributed by atoms with Gasteiger partial charge in [0.15, 0.2) is 4.90 Å². The molecule has 0 spiro atoms. The molecule has 0 unspecified atom stereocenters. The van der Waals surface area contributed by atoms with Gasteiger partial charge < -0.3 is 9.84 Å². The van der Waals surface area contributed by atoms with Crippen molar-refractivity contribution in [2.24, 2.45) is 5.92 Å². The number of halogens is 1. The van der Waals surface area contributed by atoms with Crippen LogP contribution in [0, 0.1) is 18.8 Å². The third-order valence-electron chi connectivity index (χ3n) is 6.91. The van der Waals surface area contributed by atoms with Crippen LogP contribution in [0.3, 0.4) is 0 Å². The number of nitrogens with zero attached hydrogens (tertiary/aromatic N) is 3. The maximum absolute atomic E-state index is 14.0. The maximum atomic E-state index is 14.0. The number of aromatic nitrogens is 3. The summed E-state index contributed by atoms with van der Waals surface area (Å²) in [5.74, 6) is -0.790. The Hall–Kier alpha value is -3.89. The predicted molar refractivity (Wildman–Crippen MR) is 143 cm³/mol. The van der Waals surface area contributed by atoms with Gasteiger partial charge in [-0.05, 0) is 61.1 Å². The van der Waals surface area contributed by atoms with Crippen molar-refractivity contribution in [3.63, 3.8) is 0 Å². The van der Waals surface area contributed by atoms with Gasteiger partial charge in [0.1, 0.15) is 5.82 Å². The van der Waals surface area contributed by atoms with E-state index in [1.165, 1.54) is 29.9 Å². The molecule has 39 heavy (non-hydrogen) atoms. The van der Waals surface area contributed by atoms with Crippen molar-refractivity contribution in [3.05, 3.63) is 100 Å². The van der Waals surface area contributed by atoms with Gasteiger partial charge in [0.05, 0.1) is 17.5 Å². The summed E-state index contributed by atoms with van der Waals surface area (Å²) in [6.07, 6.45) is 2.40. The second kappa shape index (κ2) is 10.7. The van der Waals surface area contributed by atoms with E-state index in [0.717, 1.165) is 18.4 Å². The van der Waals surface area contributed by atoms with E-state index < -0.39 is 38.2 Å². The molecule has 1 aliphatic rings. The van der Waals surface area contributed by atoms with Crippen molar-refractivity contribution in [1.29, 1.82) is 0 Å². The zero-order valence-electron chi connectivity index (χ0n) is 21.5. The summed E-state index contributed by atoms with van der Waals surface area (Å²) < 4.78 is 47.7. The minimum Gasteiger partial charge on any atom is -0.492 e. The quantitative estimate of drug-likeness (QED) is 0.307. The highest BCUT2D eigenvalue weighted by Gasteiger charge is 2.34. The Morgan fingerprint density at radius 1 is 1.05 bits per heavy atom. The lowest BCUT2D eigenvalue weighted by atomic mass is 10.1. The molecule has 0 aliphatic heterocycles. The molecule has 2 aromatic carbocycles. The van der Waals surface area contributed by atoms with Gasteiger partial charge in [-0.25, -0.2) is 13.4 Å². The third kappa shape index (κ3) is 5.35. The summed E-state index contributed by atoms with van der Waals surface area (Å²) in [6.45, 7) is 1.76. The van der Waals surface area contributed by atoms with E-state index in [9.17, 15) is 22.7 Å². The fourth-order valence-electron chi connectivity index (χ4n) is 4.75. The van der Waals surface area contributed by atoms with E-state index in [1.807, 2.05) is 30.3 Å². The Kier molecular flexibility index (Phi) is 7.33. The van der Waals surface area contributed by atoms with Crippen LogP contribution in [0.5, 0.6) is 5.88 Å². The number of sulfone groups is 1. The lowest BCUT2D eigenvalue weighted by molar-refractivity contribution is 0.165. The highest BCUT2D eigenvalue weighted by molar-refractivity contribution is 7.91. The number of hydrogen-bond donors (Lipinski definition) is 1. The lowest BCUT2D eigenvalue weighted by Gasteiger charge is -2.24. The molecule has 8 nitrogen and oxygen atoms in total. The minimum atomic E-state index is -4.46. The molecular weight excluding hydrogens is 521 g/mol. The van der Waals surface area contributed by atoms with Crippen molar-refractivity contribution in [3.8, 4) is 17.0 Å². The van der Waals surface area contributed by atoms with E-state index in [1.54, 1.807) is 25.1 Å². The van der Waals surface area contributed by atoms with Crippen LogP contribution < -0.4 is 5.56 Å². The largest absolute Gasteiger partial charge is 0.492 e. The van der Waals surface area contributed by atoms with Gasteiger partial charge in [-0.2, -0.15) is 9.37 Å². The molecule has 1 saturated carbocycles. The van der Waals surface area contributed by atoms with Gasteiger partial charge in [0.2, 0.25) is 21.7 Å². The third-order valence-corrected chi connectivity index (χ3v) is 8.70. The molecule has 2 heterocycles. The molecule has 4 aromatic rings. The Morgan fingerprint density at radius 2 is 1.74 bits per heavy atom. The Labute approximate surface area is 225 Å². The molecule has 1 atom stereocenters. The van der Waals surface area contributed by atoms with Crippen molar-refractivity contribution in [2.45, 2.75) is 42.0 Å². The molecular formula is C29H28FN3O5S. The monoisotopic (exact) mass is 549 g/mol. The second-order valence-corrected chi connectivity index (χ2v) is 11.6. The lowest BCUT2D eigenvalue weighted by Crippen LogP contribution is -2.35. The average Bonchev–Trinajstić information content (AvgIpc) is 3.72. The first-order valence-corrected chi connectivity index (χ1v) is 14.1. The summed E-state index contributed by atoms with van der Waals surface area (Å²) in [5, 5.41) is 10.8. The van der Waals surface area contributed by atoms with Crippen molar-refractivity contribution < 1.29 is 22.7 Å². The van der Waals surface area contributed by atoms with E-state index >= 15 is 0 Å². The molecule has 2 aromatic heterocycles. The predicted octanol–water partition coefficient (Wildman–Crippen LogP) is 4.48. The zero-order valence-corrected chi connectivity index (χ0v) is 22.4. The maximum Gasteiger partial charge on any atom is 0.277 e. The number of benzene rings is 2. The first kappa shape index (κ1) is 26.7. The van der Waals surface area contributed by atoms with Crippen LogP contribution in [0.25, 0.3) is 11.1 Å². The summed E-state index contributed by atoms with van der Waals surface area (Å²) in [6, 6.07) is 17.1. The van der Waals surface area contributed by atoms with Crippen LogP contribution in [-0.2, 0) is 21.0 Å². The van der Waals surface area contributed by atoms with Crippen LogP contribution in [0.4, 0.5) is 4.39 Å². The average molecular weight is 550 g/mol. The fraction of sp³-hybridized carbons (Fsp3) is 0.276. The Bertz CT molecular complexity index is 1670. The van der Waals surface area contributed by atoms with Gasteiger partial charge in [-0.3, -0.25) is 9.36 Å². The van der Waals surface area contributed by atoms with E-state index in [0.29, 0.717) is 35.0 Å². The second-order valence-electron chi connectivity index (χ2n) is 9.68. The molecule has 0 radical (unpaired) electrons. The number of aryl methyl sites for hydroxylation is 1. The van der Waals surface area contributed by atoms with Gasteiger partial charge in [0.25, 0.3) is 5.56 Å².